The standard InChI is InChI=1S/C23H22F4N2O5/c24-17-6-7-18(16-5-8-19(30)28-20(16)17)33-13-22(21(31)32)9-11-29(12-10-22)14-1-3-15(4-2-14)34-23(25,26)27/h1-4,6-7H,5,8-13H2,(H,28,30)(H,31,32). The van der Waals surface area contributed by atoms with Crippen LogP contribution >= 0.6 is 0 Å². The molecule has 2 aliphatic heterocycles. The van der Waals surface area contributed by atoms with Gasteiger partial charge in [-0.05, 0) is 55.7 Å². The van der Waals surface area contributed by atoms with Crippen molar-refractivity contribution in [3.63, 3.8) is 0 Å². The number of piperidine rings is 1. The molecule has 7 nitrogen and oxygen atoms in total. The van der Waals surface area contributed by atoms with Gasteiger partial charge in [0.2, 0.25) is 5.91 Å². The van der Waals surface area contributed by atoms with Crippen molar-refractivity contribution < 1.29 is 41.7 Å². The number of carboxylic acid groups (broad SMARTS) is 1. The van der Waals surface area contributed by atoms with Crippen molar-refractivity contribution in [2.45, 2.75) is 32.0 Å². The Bertz CT molecular complexity index is 1080. The van der Waals surface area contributed by atoms with Gasteiger partial charge in [-0.3, -0.25) is 9.59 Å². The molecule has 2 N–H and O–H groups in total. The van der Waals surface area contributed by atoms with Gasteiger partial charge >= 0.3 is 12.3 Å². The average Bonchev–Trinajstić information content (AvgIpc) is 2.79. The molecule has 0 spiro atoms. The van der Waals surface area contributed by atoms with Gasteiger partial charge in [-0.1, -0.05) is 0 Å². The minimum absolute atomic E-state index is 0.0610. The number of amides is 1. The van der Waals surface area contributed by atoms with E-state index < -0.39 is 23.6 Å². The van der Waals surface area contributed by atoms with Crippen LogP contribution in [0.25, 0.3) is 0 Å². The van der Waals surface area contributed by atoms with Crippen molar-refractivity contribution in [3.8, 4) is 11.5 Å². The fourth-order valence-electron chi connectivity index (χ4n) is 4.25. The third kappa shape index (κ3) is 5.02. The lowest BCUT2D eigenvalue weighted by Crippen LogP contribution is -2.47. The smallest absolute Gasteiger partial charge is 0.492 e. The number of carboxylic acids is 1. The highest BCUT2D eigenvalue weighted by molar-refractivity contribution is 5.94. The van der Waals surface area contributed by atoms with Crippen molar-refractivity contribution in [1.82, 2.24) is 0 Å². The van der Waals surface area contributed by atoms with Gasteiger partial charge in [0.25, 0.3) is 0 Å². The van der Waals surface area contributed by atoms with E-state index in [1.807, 2.05) is 4.90 Å². The molecule has 0 atom stereocenters. The molecule has 0 radical (unpaired) electrons. The first kappa shape index (κ1) is 23.7. The molecule has 4 rings (SSSR count). The van der Waals surface area contributed by atoms with E-state index in [1.54, 1.807) is 0 Å². The Balaban J connectivity index is 1.43. The Kier molecular flexibility index (Phi) is 6.28. The number of carbonyl (C=O) groups is 2. The van der Waals surface area contributed by atoms with Crippen LogP contribution in [0.5, 0.6) is 11.5 Å². The van der Waals surface area contributed by atoms with Crippen LogP contribution in [0, 0.1) is 11.2 Å². The summed E-state index contributed by atoms with van der Waals surface area (Å²) >= 11 is 0. The number of alkyl halides is 3. The maximum Gasteiger partial charge on any atom is 0.573 e. The van der Waals surface area contributed by atoms with E-state index in [2.05, 4.69) is 10.1 Å². The third-order valence-corrected chi connectivity index (χ3v) is 6.20. The number of anilines is 2. The largest absolute Gasteiger partial charge is 0.573 e. The fraction of sp³-hybridized carbons (Fsp3) is 0.391. The summed E-state index contributed by atoms with van der Waals surface area (Å²) in [4.78, 5) is 25.7. The van der Waals surface area contributed by atoms with Gasteiger partial charge in [0, 0.05) is 30.8 Å². The van der Waals surface area contributed by atoms with Crippen LogP contribution in [0.1, 0.15) is 24.8 Å². The minimum atomic E-state index is -4.77. The fourth-order valence-corrected chi connectivity index (χ4v) is 4.25. The van der Waals surface area contributed by atoms with E-state index in [0.29, 0.717) is 30.1 Å². The molecule has 0 bridgehead atoms. The van der Waals surface area contributed by atoms with Crippen LogP contribution in [0.2, 0.25) is 0 Å². The number of ether oxygens (including phenoxy) is 2. The second-order valence-electron chi connectivity index (χ2n) is 8.35. The highest BCUT2D eigenvalue weighted by atomic mass is 19.4. The summed E-state index contributed by atoms with van der Waals surface area (Å²) in [5.41, 5.74) is 0.0251. The van der Waals surface area contributed by atoms with Crippen molar-refractivity contribution in [1.29, 1.82) is 0 Å². The maximum atomic E-state index is 14.1. The van der Waals surface area contributed by atoms with Gasteiger partial charge in [0.15, 0.2) is 0 Å². The van der Waals surface area contributed by atoms with Gasteiger partial charge in [0.1, 0.15) is 29.3 Å². The van der Waals surface area contributed by atoms with E-state index in [1.165, 1.54) is 36.4 Å². The molecule has 0 aliphatic carbocycles. The zero-order chi connectivity index (χ0) is 24.5. The minimum Gasteiger partial charge on any atom is -0.492 e. The molecular weight excluding hydrogens is 460 g/mol. The Hall–Kier alpha value is -3.50. The van der Waals surface area contributed by atoms with Crippen molar-refractivity contribution >= 4 is 23.3 Å². The quantitative estimate of drug-likeness (QED) is 0.595. The molecule has 1 fully saturated rings. The van der Waals surface area contributed by atoms with Crippen LogP contribution in [-0.2, 0) is 16.0 Å². The highest BCUT2D eigenvalue weighted by Crippen LogP contribution is 2.38. The summed E-state index contributed by atoms with van der Waals surface area (Å²) in [5, 5.41) is 12.4. The molecule has 2 aromatic carbocycles. The van der Waals surface area contributed by atoms with Gasteiger partial charge in [0.05, 0.1) is 5.69 Å². The normalized spacial score (nSPS) is 17.5. The molecule has 11 heteroatoms. The van der Waals surface area contributed by atoms with E-state index >= 15 is 0 Å². The first-order chi connectivity index (χ1) is 16.1. The van der Waals surface area contributed by atoms with E-state index in [9.17, 15) is 32.3 Å². The molecule has 34 heavy (non-hydrogen) atoms. The highest BCUT2D eigenvalue weighted by Gasteiger charge is 2.43. The third-order valence-electron chi connectivity index (χ3n) is 6.20. The van der Waals surface area contributed by atoms with Crippen molar-refractivity contribution in [2.75, 3.05) is 29.9 Å². The number of rotatable bonds is 6. The number of carbonyl (C=O) groups excluding carboxylic acids is 1. The number of nitrogens with one attached hydrogen (secondary N) is 1. The van der Waals surface area contributed by atoms with Gasteiger partial charge in [-0.25, -0.2) is 4.39 Å². The first-order valence-corrected chi connectivity index (χ1v) is 10.6. The van der Waals surface area contributed by atoms with Crippen LogP contribution in [0.4, 0.5) is 28.9 Å². The molecule has 0 saturated carbocycles. The zero-order valence-electron chi connectivity index (χ0n) is 18.0. The Morgan fingerprint density at radius 3 is 2.38 bits per heavy atom. The summed E-state index contributed by atoms with van der Waals surface area (Å²) in [6, 6.07) is 8.00. The number of halogens is 4. The molecule has 2 heterocycles. The topological polar surface area (TPSA) is 88.1 Å². The van der Waals surface area contributed by atoms with Crippen LogP contribution in [0.3, 0.4) is 0 Å². The molecule has 1 amide bonds. The number of fused-ring (bicyclic) bond motifs is 1. The molecule has 182 valence electrons. The Labute approximate surface area is 192 Å². The van der Waals surface area contributed by atoms with Crippen molar-refractivity contribution in [2.24, 2.45) is 5.41 Å². The Morgan fingerprint density at radius 1 is 1.09 bits per heavy atom. The van der Waals surface area contributed by atoms with Gasteiger partial charge in [-0.15, -0.1) is 13.2 Å². The predicted molar refractivity (Wildman–Crippen MR) is 113 cm³/mol. The average molecular weight is 482 g/mol. The van der Waals surface area contributed by atoms with Crippen molar-refractivity contribution in [3.05, 3.63) is 47.8 Å². The second kappa shape index (κ2) is 9.03. The summed E-state index contributed by atoms with van der Waals surface area (Å²) in [5.74, 6) is -1.90. The summed E-state index contributed by atoms with van der Waals surface area (Å²) in [6.45, 7) is 0.569. The number of hydrogen-bond donors (Lipinski definition) is 2. The summed E-state index contributed by atoms with van der Waals surface area (Å²) in [7, 11) is 0. The van der Waals surface area contributed by atoms with Gasteiger partial charge in [-0.2, -0.15) is 0 Å². The monoisotopic (exact) mass is 482 g/mol. The molecule has 0 aromatic heterocycles. The second-order valence-corrected chi connectivity index (χ2v) is 8.35. The van der Waals surface area contributed by atoms with Crippen LogP contribution < -0.4 is 19.7 Å². The number of hydrogen-bond acceptors (Lipinski definition) is 5. The lowest BCUT2D eigenvalue weighted by Gasteiger charge is -2.39. The lowest BCUT2D eigenvalue weighted by molar-refractivity contribution is -0.274. The molecular formula is C23H22F4N2O5. The molecule has 1 saturated heterocycles. The molecule has 0 unspecified atom stereocenters. The molecule has 2 aromatic rings. The first-order valence-electron chi connectivity index (χ1n) is 10.6. The maximum absolute atomic E-state index is 14.1. The lowest BCUT2D eigenvalue weighted by atomic mass is 9.79. The number of nitrogens with zero attached hydrogens (tertiary/aromatic N) is 1. The zero-order valence-corrected chi connectivity index (χ0v) is 18.0. The van der Waals surface area contributed by atoms with Crippen LogP contribution in [-0.4, -0.2) is 43.0 Å². The van der Waals surface area contributed by atoms with Gasteiger partial charge < -0.3 is 24.8 Å². The van der Waals surface area contributed by atoms with Crippen LogP contribution in [0.15, 0.2) is 36.4 Å². The predicted octanol–water partition coefficient (Wildman–Crippen LogP) is 4.36. The van der Waals surface area contributed by atoms with E-state index in [4.69, 9.17) is 4.74 Å². The number of aliphatic carboxylic acids is 1. The summed E-state index contributed by atoms with van der Waals surface area (Å²) < 4.78 is 60.9. The number of benzene rings is 2. The van der Waals surface area contributed by atoms with E-state index in [-0.39, 0.29) is 49.6 Å². The Morgan fingerprint density at radius 2 is 1.76 bits per heavy atom. The SMILES string of the molecule is O=C1CCc2c(OCC3(C(=O)O)CCN(c4ccc(OC(F)(F)F)cc4)CC3)ccc(F)c2N1. The molecule has 2 aliphatic rings. The van der Waals surface area contributed by atoms with E-state index in [0.717, 1.165) is 0 Å². The summed E-state index contributed by atoms with van der Waals surface area (Å²) in [6.07, 6.45) is -3.83.